The summed E-state index contributed by atoms with van der Waals surface area (Å²) in [6.07, 6.45) is 43.6. The Bertz CT molecular complexity index is 1680. The minimum absolute atomic E-state index is 0.103. The van der Waals surface area contributed by atoms with Gasteiger partial charge in [-0.15, -0.1) is 0 Å². The summed E-state index contributed by atoms with van der Waals surface area (Å²) in [6, 6.07) is 0. The molecule has 0 heterocycles. The van der Waals surface area contributed by atoms with Gasteiger partial charge in [0, 0.05) is 25.7 Å². The zero-order valence-corrected chi connectivity index (χ0v) is 57.4. The lowest BCUT2D eigenvalue weighted by atomic mass is 10.0. The van der Waals surface area contributed by atoms with E-state index in [1.54, 1.807) is 0 Å². The Hall–Kier alpha value is -1.94. The van der Waals surface area contributed by atoms with Crippen LogP contribution in [0.15, 0.2) is 0 Å². The molecule has 0 aromatic rings. The number of phosphoric acid groups is 2. The number of hydrogen-bond acceptors (Lipinski definition) is 15. The van der Waals surface area contributed by atoms with Crippen LogP contribution in [-0.2, 0) is 65.4 Å². The van der Waals surface area contributed by atoms with Gasteiger partial charge in [0.25, 0.3) is 0 Å². The third-order valence-electron chi connectivity index (χ3n) is 15.5. The summed E-state index contributed by atoms with van der Waals surface area (Å²) < 4.78 is 67.8. The SMILES string of the molecule is CCCCCCCCCC(=O)O[C@H](COC(=O)CCCCCCC)COP(=O)(O)OC[C@H](O)COP(=O)(O)OC[C@@H](COC(=O)CCCCCCCCCCCCCCCCC(C)C)OC(=O)CCCCCCCCCCCCCCCCC(C)C. The van der Waals surface area contributed by atoms with Gasteiger partial charge >= 0.3 is 39.5 Å². The highest BCUT2D eigenvalue weighted by atomic mass is 31.2. The lowest BCUT2D eigenvalue weighted by molar-refractivity contribution is -0.161. The highest BCUT2D eigenvalue weighted by Crippen LogP contribution is 2.45. The first-order chi connectivity index (χ1) is 41.4. The van der Waals surface area contributed by atoms with Gasteiger partial charge < -0.3 is 33.8 Å². The average Bonchev–Trinajstić information content (AvgIpc) is 3.65. The molecule has 0 amide bonds. The highest BCUT2D eigenvalue weighted by molar-refractivity contribution is 7.47. The molecule has 3 N–H and O–H groups in total. The van der Waals surface area contributed by atoms with Crippen molar-refractivity contribution >= 4 is 39.5 Å². The van der Waals surface area contributed by atoms with Crippen LogP contribution >= 0.6 is 15.6 Å². The van der Waals surface area contributed by atoms with E-state index in [-0.39, 0.29) is 25.7 Å². The topological polar surface area (TPSA) is 237 Å². The van der Waals surface area contributed by atoms with Gasteiger partial charge in [-0.05, 0) is 37.5 Å². The zero-order valence-electron chi connectivity index (χ0n) is 55.6. The maximum absolute atomic E-state index is 13.0. The van der Waals surface area contributed by atoms with Crippen molar-refractivity contribution < 1.29 is 80.2 Å². The van der Waals surface area contributed by atoms with Gasteiger partial charge in [0.15, 0.2) is 12.2 Å². The molecule has 0 rings (SSSR count). The van der Waals surface area contributed by atoms with Crippen LogP contribution in [0.5, 0.6) is 0 Å². The predicted octanol–water partition coefficient (Wildman–Crippen LogP) is 18.8. The van der Waals surface area contributed by atoms with Crippen molar-refractivity contribution in [2.24, 2.45) is 11.8 Å². The first kappa shape index (κ1) is 84.1. The van der Waals surface area contributed by atoms with Crippen molar-refractivity contribution in [2.75, 3.05) is 39.6 Å². The third-order valence-corrected chi connectivity index (χ3v) is 17.4. The molecule has 17 nitrogen and oxygen atoms in total. The van der Waals surface area contributed by atoms with Gasteiger partial charge in [0.1, 0.15) is 19.3 Å². The molecule has 86 heavy (non-hydrogen) atoms. The molecular weight excluding hydrogens is 1140 g/mol. The summed E-state index contributed by atoms with van der Waals surface area (Å²) in [5, 5.41) is 10.5. The van der Waals surface area contributed by atoms with Crippen molar-refractivity contribution in [2.45, 2.75) is 355 Å². The number of aliphatic hydroxyl groups is 1. The Morgan fingerprint density at radius 2 is 0.535 bits per heavy atom. The molecule has 0 aliphatic carbocycles. The van der Waals surface area contributed by atoms with Gasteiger partial charge in [0.2, 0.25) is 0 Å². The lowest BCUT2D eigenvalue weighted by Crippen LogP contribution is -2.30. The van der Waals surface area contributed by atoms with E-state index in [2.05, 4.69) is 41.5 Å². The molecule has 5 atom stereocenters. The Labute approximate surface area is 524 Å². The van der Waals surface area contributed by atoms with Crippen molar-refractivity contribution in [1.29, 1.82) is 0 Å². The van der Waals surface area contributed by atoms with Gasteiger partial charge in [-0.25, -0.2) is 9.13 Å². The summed E-state index contributed by atoms with van der Waals surface area (Å²) in [5.41, 5.74) is 0. The monoisotopic (exact) mass is 1270 g/mol. The van der Waals surface area contributed by atoms with E-state index in [9.17, 15) is 43.2 Å². The first-order valence-electron chi connectivity index (χ1n) is 35.0. The molecule has 0 saturated carbocycles. The third kappa shape index (κ3) is 60.9. The number of phosphoric ester groups is 2. The van der Waals surface area contributed by atoms with Gasteiger partial charge in [0.05, 0.1) is 26.4 Å². The van der Waals surface area contributed by atoms with E-state index in [4.69, 9.17) is 37.0 Å². The smallest absolute Gasteiger partial charge is 0.462 e. The molecule has 0 saturated heterocycles. The standard InChI is InChI=1S/C67H130O17P2/c1-7-9-11-13-30-39-45-51-66(71)83-62(55-77-64(69)49-43-35-12-10-8-2)57-81-85(73,74)79-53-61(68)54-80-86(75,76)82-58-63(84-67(72)52-46-40-34-29-25-21-17-15-19-23-27-32-37-42-48-60(5)6)56-78-65(70)50-44-38-33-28-24-20-16-14-18-22-26-31-36-41-47-59(3)4/h59-63,68H,7-58H2,1-6H3,(H,73,74)(H,75,76)/t61-,62+,63+/m0/s1. The quantitative estimate of drug-likeness (QED) is 0.0222. The van der Waals surface area contributed by atoms with Crippen LogP contribution in [0, 0.1) is 11.8 Å². The van der Waals surface area contributed by atoms with Crippen molar-refractivity contribution in [3.05, 3.63) is 0 Å². The molecule has 2 unspecified atom stereocenters. The molecule has 0 spiro atoms. The van der Waals surface area contributed by atoms with E-state index < -0.39 is 97.5 Å². The number of carbonyl (C=O) groups is 4. The second kappa shape index (κ2) is 59.4. The minimum atomic E-state index is -4.95. The summed E-state index contributed by atoms with van der Waals surface area (Å²) in [4.78, 5) is 72.0. The number of carbonyl (C=O) groups excluding carboxylic acids is 4. The summed E-state index contributed by atoms with van der Waals surface area (Å²) in [7, 11) is -9.88. The second-order valence-electron chi connectivity index (χ2n) is 25.2. The summed E-state index contributed by atoms with van der Waals surface area (Å²) in [6.45, 7) is 9.44. The van der Waals surface area contributed by atoms with Gasteiger partial charge in [-0.1, -0.05) is 286 Å². The van der Waals surface area contributed by atoms with Crippen LogP contribution in [0.4, 0.5) is 0 Å². The Balaban J connectivity index is 5.12. The van der Waals surface area contributed by atoms with Crippen LogP contribution in [0.25, 0.3) is 0 Å². The largest absolute Gasteiger partial charge is 0.472 e. The van der Waals surface area contributed by atoms with Crippen molar-refractivity contribution in [3.63, 3.8) is 0 Å². The Kier molecular flexibility index (Phi) is 58.0. The Morgan fingerprint density at radius 1 is 0.314 bits per heavy atom. The number of esters is 4. The van der Waals surface area contributed by atoms with Crippen LogP contribution in [-0.4, -0.2) is 96.7 Å². The molecule has 0 aliphatic rings. The molecule has 0 bridgehead atoms. The number of rotatable bonds is 66. The van der Waals surface area contributed by atoms with E-state index in [0.717, 1.165) is 121 Å². The van der Waals surface area contributed by atoms with Crippen molar-refractivity contribution in [1.82, 2.24) is 0 Å². The van der Waals surface area contributed by atoms with Crippen LogP contribution in [0.2, 0.25) is 0 Å². The summed E-state index contributed by atoms with van der Waals surface area (Å²) in [5.74, 6) is -0.550. The van der Waals surface area contributed by atoms with Crippen LogP contribution in [0.1, 0.15) is 337 Å². The molecular formula is C67H130O17P2. The molecule has 0 aromatic heterocycles. The predicted molar refractivity (Wildman–Crippen MR) is 345 cm³/mol. The van der Waals surface area contributed by atoms with E-state index >= 15 is 0 Å². The molecule has 0 fully saturated rings. The van der Waals surface area contributed by atoms with E-state index in [1.165, 1.54) is 135 Å². The first-order valence-corrected chi connectivity index (χ1v) is 38.0. The molecule has 19 heteroatoms. The number of ether oxygens (including phenoxy) is 4. The lowest BCUT2D eigenvalue weighted by Gasteiger charge is -2.21. The number of unbranched alkanes of at least 4 members (excludes halogenated alkanes) is 36. The fourth-order valence-corrected chi connectivity index (χ4v) is 11.6. The molecule has 0 aliphatic heterocycles. The van der Waals surface area contributed by atoms with Gasteiger partial charge in [-0.2, -0.15) is 0 Å². The molecule has 510 valence electrons. The van der Waals surface area contributed by atoms with Gasteiger partial charge in [-0.3, -0.25) is 37.3 Å². The van der Waals surface area contributed by atoms with Crippen LogP contribution in [0.3, 0.4) is 0 Å². The average molecular weight is 1270 g/mol. The van der Waals surface area contributed by atoms with E-state index in [1.807, 2.05) is 0 Å². The fraction of sp³-hybridized carbons (Fsp3) is 0.940. The van der Waals surface area contributed by atoms with E-state index in [0.29, 0.717) is 25.7 Å². The normalized spacial score (nSPS) is 14.2. The molecule has 0 radical (unpaired) electrons. The molecule has 0 aromatic carbocycles. The highest BCUT2D eigenvalue weighted by Gasteiger charge is 2.30. The summed E-state index contributed by atoms with van der Waals surface area (Å²) >= 11 is 0. The van der Waals surface area contributed by atoms with Crippen molar-refractivity contribution in [3.8, 4) is 0 Å². The maximum Gasteiger partial charge on any atom is 0.472 e. The fourth-order valence-electron chi connectivity index (χ4n) is 10.1. The second-order valence-corrected chi connectivity index (χ2v) is 28.1. The number of hydrogen-bond donors (Lipinski definition) is 3. The van der Waals surface area contributed by atoms with Crippen LogP contribution < -0.4 is 0 Å². The number of aliphatic hydroxyl groups excluding tert-OH is 1. The minimum Gasteiger partial charge on any atom is -0.462 e. The Morgan fingerprint density at radius 3 is 0.791 bits per heavy atom. The zero-order chi connectivity index (χ0) is 63.6. The maximum atomic E-state index is 13.0.